The van der Waals surface area contributed by atoms with Crippen molar-refractivity contribution >= 4 is 84.1 Å². The standard InChI is InChI=1S/C11H20NO13Si9/c1-4-10(13)23-8-6-12-11(14)24-7-5-9-34(2,3)25-27(16)29(18)31(20)33(22)32(21)30(19)28(17)26-15/h4H,1,5-9H2,2-3H3,(H,12,14). The van der Waals surface area contributed by atoms with Gasteiger partial charge < -0.3 is 54.6 Å². The highest BCUT2D eigenvalue weighted by Gasteiger charge is 2.49. The van der Waals surface area contributed by atoms with Gasteiger partial charge in [-0.05, 0) is 25.6 Å². The maximum absolute atomic E-state index is 12.3. The summed E-state index contributed by atoms with van der Waals surface area (Å²) in [6.45, 7) is 6.36. The number of amides is 1. The fourth-order valence-corrected chi connectivity index (χ4v) is 67.0. The lowest BCUT2D eigenvalue weighted by atomic mass is 10.5. The number of rotatable bonds is 17. The molecule has 0 fully saturated rings. The smallest absolute Gasteiger partial charge is 0.532 e. The highest BCUT2D eigenvalue weighted by Crippen LogP contribution is 2.13. The molecule has 0 atom stereocenters. The van der Waals surface area contributed by atoms with Gasteiger partial charge in [0.05, 0.1) is 13.2 Å². The lowest BCUT2D eigenvalue weighted by Crippen LogP contribution is -2.51. The van der Waals surface area contributed by atoms with E-state index in [0.29, 0.717) is 12.5 Å². The van der Waals surface area contributed by atoms with Crippen LogP contribution in [0.3, 0.4) is 0 Å². The summed E-state index contributed by atoms with van der Waals surface area (Å²) < 4.78 is 109. The van der Waals surface area contributed by atoms with E-state index in [1.165, 1.54) is 0 Å². The van der Waals surface area contributed by atoms with Gasteiger partial charge in [0.2, 0.25) is 8.32 Å². The van der Waals surface area contributed by atoms with Crippen LogP contribution in [0.1, 0.15) is 6.42 Å². The number of hydrogen-bond donors (Lipinski definition) is 1. The predicted molar refractivity (Wildman–Crippen MR) is 120 cm³/mol. The van der Waals surface area contributed by atoms with Crippen LogP contribution in [0.5, 0.6) is 0 Å². The summed E-state index contributed by atoms with van der Waals surface area (Å²) in [5, 5.41) is 2.35. The molecule has 0 aromatic heterocycles. The summed E-state index contributed by atoms with van der Waals surface area (Å²) in [6, 6.07) is 0.301. The maximum Gasteiger partial charge on any atom is 0.532 e. The molecular weight excluding hydrogens is 607 g/mol. The van der Waals surface area contributed by atoms with Crippen LogP contribution >= 0.6 is 0 Å². The molecule has 0 unspecified atom stereocenters. The van der Waals surface area contributed by atoms with Crippen LogP contribution in [0.2, 0.25) is 19.1 Å². The van der Waals surface area contributed by atoms with Gasteiger partial charge in [-0.2, -0.15) is 0 Å². The minimum absolute atomic E-state index is 0.0238. The largest absolute Gasteiger partial charge is 0.578 e. The van der Waals surface area contributed by atoms with E-state index in [0.717, 1.165) is 6.08 Å². The summed E-state index contributed by atoms with van der Waals surface area (Å²) in [4.78, 5) is 22.4. The quantitative estimate of drug-likeness (QED) is 0.0768. The van der Waals surface area contributed by atoms with Crippen LogP contribution in [0.15, 0.2) is 12.7 Å². The van der Waals surface area contributed by atoms with E-state index in [-0.39, 0.29) is 19.8 Å². The van der Waals surface area contributed by atoms with Crippen molar-refractivity contribution in [2.75, 3.05) is 19.8 Å². The van der Waals surface area contributed by atoms with Gasteiger partial charge in [-0.3, -0.25) is 0 Å². The Labute approximate surface area is 205 Å². The topological polar surface area (TPSA) is 210 Å². The Kier molecular flexibility index (Phi) is 15.7. The first-order chi connectivity index (χ1) is 15.8. The molecule has 14 nitrogen and oxygen atoms in total. The lowest BCUT2D eigenvalue weighted by molar-refractivity contribution is -0.137. The Morgan fingerprint density at radius 1 is 0.912 bits per heavy atom. The predicted octanol–water partition coefficient (Wildman–Crippen LogP) is -2.48. The summed E-state index contributed by atoms with van der Waals surface area (Å²) in [7, 11) is -28.9. The van der Waals surface area contributed by atoms with Gasteiger partial charge in [0.15, 0.2) is 0 Å². The Morgan fingerprint density at radius 2 is 1.47 bits per heavy atom. The molecule has 0 aromatic carbocycles. The summed E-state index contributed by atoms with van der Waals surface area (Å²) in [5.74, 6) is -0.635. The van der Waals surface area contributed by atoms with Crippen LogP contribution in [0, 0.1) is 0 Å². The van der Waals surface area contributed by atoms with Gasteiger partial charge in [0.1, 0.15) is 6.61 Å². The van der Waals surface area contributed by atoms with Crippen molar-refractivity contribution in [3.8, 4) is 0 Å². The maximum atomic E-state index is 12.3. The molecule has 0 aliphatic heterocycles. The molecular formula is C11H20NO13Si9. The monoisotopic (exact) mass is 626 g/mol. The molecule has 183 valence electrons. The van der Waals surface area contributed by atoms with Gasteiger partial charge in [0.25, 0.3) is 0 Å². The van der Waals surface area contributed by atoms with E-state index in [2.05, 4.69) is 16.6 Å². The lowest BCUT2D eigenvalue weighted by Gasteiger charge is -2.22. The van der Waals surface area contributed by atoms with Crippen LogP contribution in [-0.2, 0) is 54.1 Å². The molecule has 1 amide bonds. The van der Waals surface area contributed by atoms with Gasteiger partial charge in [-0.25, -0.2) is 9.59 Å². The molecule has 0 aromatic rings. The first-order valence-corrected chi connectivity index (χ1v) is 30.1. The number of nitrogens with one attached hydrogen (secondary N) is 1. The van der Waals surface area contributed by atoms with E-state index in [1.54, 1.807) is 13.1 Å². The molecule has 23 heteroatoms. The minimum Gasteiger partial charge on any atom is -0.578 e. The van der Waals surface area contributed by atoms with Gasteiger partial charge in [-0.15, -0.1) is 0 Å². The molecule has 0 spiro atoms. The van der Waals surface area contributed by atoms with Crippen molar-refractivity contribution in [2.45, 2.75) is 25.6 Å². The van der Waals surface area contributed by atoms with Gasteiger partial charge >= 0.3 is 75.7 Å². The van der Waals surface area contributed by atoms with E-state index in [1.807, 2.05) is 0 Å². The van der Waals surface area contributed by atoms with Crippen LogP contribution in [0.4, 0.5) is 4.79 Å². The highest BCUT2D eigenvalue weighted by atomic mass is 30.0. The van der Waals surface area contributed by atoms with Crippen LogP contribution in [0.25, 0.3) is 0 Å². The SMILES string of the molecule is C=CC(=O)OCCNC(=O)OCCC[Si](C)(C)O[Si](=O)[Si](=O)[Si](=O)[Si](=O)[Si](=O)[Si](=O)[Si](=O)[Si]=O. The fourth-order valence-electron chi connectivity index (χ4n) is 1.98. The molecule has 0 bridgehead atoms. The number of alkyl carbamates (subject to hydrolysis) is 1. The Hall–Kier alpha value is -1.37. The second-order valence-corrected chi connectivity index (χ2v) is 43.5. The number of carbonyl (C=O) groups is 2. The Balaban J connectivity index is 4.54. The normalized spacial score (nSPS) is 10.2. The molecule has 1 N–H and O–H groups in total. The molecule has 0 heterocycles. The summed E-state index contributed by atoms with van der Waals surface area (Å²) in [6.07, 6.45) is 0.509. The van der Waals surface area contributed by atoms with Crippen molar-refractivity contribution in [1.29, 1.82) is 0 Å². The van der Waals surface area contributed by atoms with Gasteiger partial charge in [0, 0.05) is 6.08 Å². The highest BCUT2D eigenvalue weighted by molar-refractivity contribution is 7.72. The van der Waals surface area contributed by atoms with Crippen molar-refractivity contribution in [3.05, 3.63) is 12.7 Å². The van der Waals surface area contributed by atoms with E-state index >= 15 is 0 Å². The first-order valence-electron chi connectivity index (χ1n) is 9.34. The minimum atomic E-state index is -3.68. The third-order valence-corrected chi connectivity index (χ3v) is 54.0. The number of ether oxygens (including phenoxy) is 2. The van der Waals surface area contributed by atoms with E-state index in [9.17, 15) is 45.3 Å². The van der Waals surface area contributed by atoms with Crippen molar-refractivity contribution in [3.63, 3.8) is 0 Å². The molecule has 0 saturated carbocycles. The number of hydrogen-bond acceptors (Lipinski definition) is 13. The molecule has 0 aliphatic rings. The van der Waals surface area contributed by atoms with Crippen molar-refractivity contribution in [1.82, 2.24) is 5.32 Å². The Bertz CT molecular complexity index is 949. The molecule has 0 rings (SSSR count). The first kappa shape index (κ1) is 32.6. The van der Waals surface area contributed by atoms with Crippen LogP contribution in [-0.4, -0.2) is 104 Å². The zero-order valence-electron chi connectivity index (χ0n) is 18.1. The number of esters is 1. The molecule has 1 radical (unpaired) electrons. The Morgan fingerprint density at radius 3 is 2.03 bits per heavy atom. The summed E-state index contributed by atoms with van der Waals surface area (Å²) >= 11 is 0. The van der Waals surface area contributed by atoms with Crippen LogP contribution < -0.4 is 5.32 Å². The number of carbonyl (C=O) groups excluding carboxylic acids is 2. The second-order valence-electron chi connectivity index (χ2n) is 6.76. The average Bonchev–Trinajstić information content (AvgIpc) is 2.80. The molecule has 34 heavy (non-hydrogen) atoms. The molecule has 0 saturated heterocycles. The summed E-state index contributed by atoms with van der Waals surface area (Å²) in [5.41, 5.74) is 0. The van der Waals surface area contributed by atoms with Crippen molar-refractivity contribution in [2.24, 2.45) is 0 Å². The zero-order chi connectivity index (χ0) is 26.5. The van der Waals surface area contributed by atoms with Crippen molar-refractivity contribution < 1.29 is 58.9 Å². The average molecular weight is 627 g/mol. The molecule has 0 aliphatic carbocycles. The van der Waals surface area contributed by atoms with E-state index in [4.69, 9.17) is 8.85 Å². The fraction of sp³-hybridized carbons (Fsp3) is 0.636. The third kappa shape index (κ3) is 12.4. The third-order valence-electron chi connectivity index (χ3n) is 3.62. The van der Waals surface area contributed by atoms with Gasteiger partial charge in [-0.1, -0.05) is 6.58 Å². The van der Waals surface area contributed by atoms with E-state index < -0.39 is 84.1 Å². The zero-order valence-corrected chi connectivity index (χ0v) is 27.1. The second kappa shape index (κ2) is 16.3.